The smallest absolute Gasteiger partial charge is 0.0466 e. The average molecular weight is 277 g/mol. The summed E-state index contributed by atoms with van der Waals surface area (Å²) in [4.78, 5) is 0. The fourth-order valence-electron chi connectivity index (χ4n) is 2.55. The molecule has 1 unspecified atom stereocenters. The topological polar surface area (TPSA) is 21.3 Å². The lowest BCUT2D eigenvalue weighted by Crippen LogP contribution is -2.25. The Hall–Kier alpha value is -0.860. The maximum Gasteiger partial charge on any atom is 0.0466 e. The Balaban J connectivity index is 2.43. The second-order valence-electron chi connectivity index (χ2n) is 5.60. The van der Waals surface area contributed by atoms with Gasteiger partial charge in [-0.15, -0.1) is 0 Å². The van der Waals surface area contributed by atoms with Gasteiger partial charge < -0.3 is 10.1 Å². The number of ether oxygens (including phenoxy) is 1. The Labute approximate surface area is 124 Å². The van der Waals surface area contributed by atoms with E-state index in [2.05, 4.69) is 50.4 Å². The van der Waals surface area contributed by atoms with Crippen LogP contribution < -0.4 is 5.32 Å². The molecule has 0 saturated heterocycles. The summed E-state index contributed by atoms with van der Waals surface area (Å²) in [7, 11) is 0. The van der Waals surface area contributed by atoms with Crippen LogP contribution >= 0.6 is 0 Å². The van der Waals surface area contributed by atoms with Gasteiger partial charge >= 0.3 is 0 Å². The lowest BCUT2D eigenvalue weighted by atomic mass is 9.94. The molecule has 0 aliphatic rings. The fourth-order valence-corrected chi connectivity index (χ4v) is 2.55. The van der Waals surface area contributed by atoms with E-state index < -0.39 is 0 Å². The van der Waals surface area contributed by atoms with E-state index in [1.54, 1.807) is 0 Å². The Morgan fingerprint density at radius 3 is 2.80 bits per heavy atom. The van der Waals surface area contributed by atoms with Crippen LogP contribution in [-0.2, 0) is 11.2 Å². The summed E-state index contributed by atoms with van der Waals surface area (Å²) in [5, 5.41) is 3.57. The van der Waals surface area contributed by atoms with Crippen molar-refractivity contribution in [2.24, 2.45) is 5.92 Å². The van der Waals surface area contributed by atoms with Crippen LogP contribution in [0.5, 0.6) is 0 Å². The predicted molar refractivity (Wildman–Crippen MR) is 87.3 cm³/mol. The third kappa shape index (κ3) is 7.66. The molecule has 0 bridgehead atoms. The van der Waals surface area contributed by atoms with Crippen molar-refractivity contribution in [2.45, 2.75) is 46.5 Å². The first kappa shape index (κ1) is 17.2. The van der Waals surface area contributed by atoms with Crippen molar-refractivity contribution in [1.29, 1.82) is 0 Å². The highest BCUT2D eigenvalue weighted by molar-refractivity contribution is 5.22. The number of rotatable bonds is 11. The van der Waals surface area contributed by atoms with Crippen LogP contribution in [0.25, 0.3) is 0 Å². The molecule has 1 aromatic carbocycles. The van der Waals surface area contributed by atoms with E-state index in [9.17, 15) is 0 Å². The van der Waals surface area contributed by atoms with Gasteiger partial charge in [0.25, 0.3) is 0 Å². The molecule has 0 spiro atoms. The molecule has 1 N–H and O–H groups in total. The van der Waals surface area contributed by atoms with Crippen molar-refractivity contribution in [1.82, 2.24) is 5.32 Å². The third-order valence-electron chi connectivity index (χ3n) is 3.57. The standard InChI is InChI=1S/C18H31NO/c1-4-11-19-15-18(10-7-12-20-5-2)14-17-9-6-8-16(3)13-17/h6,8-9,13,18-19H,4-5,7,10-12,14-15H2,1-3H3. The minimum absolute atomic E-state index is 0.712. The highest BCUT2D eigenvalue weighted by Gasteiger charge is 2.09. The Bertz CT molecular complexity index is 351. The van der Waals surface area contributed by atoms with E-state index in [0.29, 0.717) is 5.92 Å². The number of hydrogen-bond donors (Lipinski definition) is 1. The van der Waals surface area contributed by atoms with Crippen molar-refractivity contribution < 1.29 is 4.74 Å². The Kier molecular flexibility index (Phi) is 9.35. The molecule has 2 heteroatoms. The van der Waals surface area contributed by atoms with Gasteiger partial charge in [0.15, 0.2) is 0 Å². The Morgan fingerprint density at radius 1 is 1.25 bits per heavy atom. The lowest BCUT2D eigenvalue weighted by molar-refractivity contribution is 0.139. The Morgan fingerprint density at radius 2 is 2.10 bits per heavy atom. The van der Waals surface area contributed by atoms with Gasteiger partial charge in [-0.05, 0) is 64.1 Å². The van der Waals surface area contributed by atoms with Gasteiger partial charge in [-0.2, -0.15) is 0 Å². The second-order valence-corrected chi connectivity index (χ2v) is 5.60. The lowest BCUT2D eigenvalue weighted by Gasteiger charge is -2.18. The summed E-state index contributed by atoms with van der Waals surface area (Å²) in [6.07, 6.45) is 4.78. The van der Waals surface area contributed by atoms with Crippen molar-refractivity contribution in [3.8, 4) is 0 Å². The number of benzene rings is 1. The number of hydrogen-bond acceptors (Lipinski definition) is 2. The van der Waals surface area contributed by atoms with Crippen LogP contribution in [0.15, 0.2) is 24.3 Å². The zero-order valence-electron chi connectivity index (χ0n) is 13.5. The number of nitrogens with one attached hydrogen (secondary N) is 1. The van der Waals surface area contributed by atoms with Crippen molar-refractivity contribution in [3.05, 3.63) is 35.4 Å². The zero-order valence-corrected chi connectivity index (χ0v) is 13.5. The predicted octanol–water partition coefficient (Wildman–Crippen LogP) is 3.97. The summed E-state index contributed by atoms with van der Waals surface area (Å²) in [5.41, 5.74) is 2.82. The zero-order chi connectivity index (χ0) is 14.6. The van der Waals surface area contributed by atoms with Crippen LogP contribution in [0.2, 0.25) is 0 Å². The van der Waals surface area contributed by atoms with Crippen LogP contribution in [0.3, 0.4) is 0 Å². The van der Waals surface area contributed by atoms with Crippen LogP contribution in [-0.4, -0.2) is 26.3 Å². The quantitative estimate of drug-likeness (QED) is 0.618. The molecule has 20 heavy (non-hydrogen) atoms. The van der Waals surface area contributed by atoms with Gasteiger partial charge in [0.1, 0.15) is 0 Å². The third-order valence-corrected chi connectivity index (χ3v) is 3.57. The van der Waals surface area contributed by atoms with E-state index in [1.807, 2.05) is 0 Å². The summed E-state index contributed by atoms with van der Waals surface area (Å²) in [6, 6.07) is 8.90. The molecule has 114 valence electrons. The highest BCUT2D eigenvalue weighted by Crippen LogP contribution is 2.15. The molecule has 2 nitrogen and oxygen atoms in total. The molecular weight excluding hydrogens is 246 g/mol. The molecule has 0 amide bonds. The van der Waals surface area contributed by atoms with Crippen LogP contribution in [0, 0.1) is 12.8 Å². The van der Waals surface area contributed by atoms with Gasteiger partial charge in [0, 0.05) is 13.2 Å². The van der Waals surface area contributed by atoms with Crippen LogP contribution in [0.1, 0.15) is 44.2 Å². The summed E-state index contributed by atoms with van der Waals surface area (Å²) in [5.74, 6) is 0.712. The van der Waals surface area contributed by atoms with Gasteiger partial charge in [0.2, 0.25) is 0 Å². The molecule has 0 fully saturated rings. The monoisotopic (exact) mass is 277 g/mol. The van der Waals surface area contributed by atoms with Gasteiger partial charge in [-0.25, -0.2) is 0 Å². The highest BCUT2D eigenvalue weighted by atomic mass is 16.5. The first-order valence-electron chi connectivity index (χ1n) is 8.10. The molecule has 0 aliphatic heterocycles. The molecule has 1 aromatic rings. The summed E-state index contributed by atoms with van der Waals surface area (Å²) in [6.45, 7) is 10.4. The largest absolute Gasteiger partial charge is 0.382 e. The second kappa shape index (κ2) is 10.9. The van der Waals surface area contributed by atoms with Crippen molar-refractivity contribution in [3.63, 3.8) is 0 Å². The van der Waals surface area contributed by atoms with Crippen molar-refractivity contribution in [2.75, 3.05) is 26.3 Å². The SMILES string of the molecule is CCCNCC(CCCOCC)Cc1cccc(C)c1. The van der Waals surface area contributed by atoms with Gasteiger partial charge in [-0.3, -0.25) is 0 Å². The molecule has 0 aliphatic carbocycles. The minimum atomic E-state index is 0.712. The molecule has 0 heterocycles. The number of aryl methyl sites for hydroxylation is 1. The maximum atomic E-state index is 5.46. The minimum Gasteiger partial charge on any atom is -0.382 e. The van der Waals surface area contributed by atoms with Gasteiger partial charge in [-0.1, -0.05) is 36.8 Å². The van der Waals surface area contributed by atoms with E-state index in [4.69, 9.17) is 4.74 Å². The van der Waals surface area contributed by atoms with E-state index >= 15 is 0 Å². The molecule has 1 atom stereocenters. The van der Waals surface area contributed by atoms with E-state index in [1.165, 1.54) is 30.4 Å². The molecular formula is C18H31NO. The normalized spacial score (nSPS) is 12.6. The summed E-state index contributed by atoms with van der Waals surface area (Å²) < 4.78 is 5.46. The first-order valence-corrected chi connectivity index (χ1v) is 8.10. The molecule has 0 aromatic heterocycles. The van der Waals surface area contributed by atoms with E-state index in [0.717, 1.165) is 32.7 Å². The molecule has 0 saturated carbocycles. The van der Waals surface area contributed by atoms with Gasteiger partial charge in [0.05, 0.1) is 0 Å². The maximum absolute atomic E-state index is 5.46. The van der Waals surface area contributed by atoms with Crippen LogP contribution in [0.4, 0.5) is 0 Å². The molecule has 1 rings (SSSR count). The first-order chi connectivity index (χ1) is 9.76. The van der Waals surface area contributed by atoms with E-state index in [-0.39, 0.29) is 0 Å². The van der Waals surface area contributed by atoms with Crippen molar-refractivity contribution >= 4 is 0 Å². The fraction of sp³-hybridized carbons (Fsp3) is 0.667. The average Bonchev–Trinajstić information content (AvgIpc) is 2.43. The molecule has 0 radical (unpaired) electrons. The summed E-state index contributed by atoms with van der Waals surface area (Å²) >= 11 is 0.